The number of urea groups is 1. The van der Waals surface area contributed by atoms with Gasteiger partial charge in [0.15, 0.2) is 0 Å². The van der Waals surface area contributed by atoms with Crippen molar-refractivity contribution in [2.24, 2.45) is 0 Å². The molecule has 2 aromatic rings. The molecule has 104 valence electrons. The Balaban J connectivity index is 1.79. The highest BCUT2D eigenvalue weighted by atomic mass is 16.2. The van der Waals surface area contributed by atoms with E-state index in [1.54, 1.807) is 24.3 Å². The summed E-state index contributed by atoms with van der Waals surface area (Å²) in [6, 6.07) is 15.2. The van der Waals surface area contributed by atoms with Gasteiger partial charge in [0, 0.05) is 6.54 Å². The number of nitrogens with zero attached hydrogens (tertiary/aromatic N) is 1. The number of ketones is 1. The van der Waals surface area contributed by atoms with E-state index < -0.39 is 17.7 Å². The van der Waals surface area contributed by atoms with Crippen LogP contribution >= 0.6 is 0 Å². The van der Waals surface area contributed by atoms with E-state index in [9.17, 15) is 14.4 Å². The van der Waals surface area contributed by atoms with Crippen molar-refractivity contribution in [3.8, 4) is 0 Å². The van der Waals surface area contributed by atoms with Crippen LogP contribution in [0.3, 0.4) is 0 Å². The van der Waals surface area contributed by atoms with E-state index in [0.29, 0.717) is 12.2 Å². The summed E-state index contributed by atoms with van der Waals surface area (Å²) >= 11 is 0. The van der Waals surface area contributed by atoms with Crippen molar-refractivity contribution < 1.29 is 14.4 Å². The van der Waals surface area contributed by atoms with E-state index in [1.807, 2.05) is 30.3 Å². The summed E-state index contributed by atoms with van der Waals surface area (Å²) in [5.74, 6) is -1.47. The number of para-hydroxylation sites is 1. The number of carbonyl (C=O) groups is 3. The topological polar surface area (TPSA) is 66.5 Å². The second kappa shape index (κ2) is 5.20. The van der Waals surface area contributed by atoms with Crippen LogP contribution < -0.4 is 10.2 Å². The maximum atomic E-state index is 12.2. The third kappa shape index (κ3) is 2.29. The summed E-state index contributed by atoms with van der Waals surface area (Å²) in [4.78, 5) is 36.8. The Morgan fingerprint density at radius 2 is 1.62 bits per heavy atom. The zero-order valence-corrected chi connectivity index (χ0v) is 11.1. The molecule has 5 nitrogen and oxygen atoms in total. The first-order chi connectivity index (χ1) is 10.2. The molecule has 1 N–H and O–H groups in total. The molecule has 21 heavy (non-hydrogen) atoms. The number of nitrogens with one attached hydrogen (secondary N) is 1. The van der Waals surface area contributed by atoms with Gasteiger partial charge in [-0.15, -0.1) is 0 Å². The zero-order chi connectivity index (χ0) is 14.8. The molecule has 0 aliphatic carbocycles. The van der Waals surface area contributed by atoms with Gasteiger partial charge in [0.2, 0.25) is 0 Å². The fourth-order valence-electron chi connectivity index (χ4n) is 2.24. The van der Waals surface area contributed by atoms with Crippen LogP contribution in [-0.2, 0) is 11.3 Å². The molecule has 0 bridgehead atoms. The summed E-state index contributed by atoms with van der Waals surface area (Å²) in [5.41, 5.74) is 1.51. The maximum absolute atomic E-state index is 12.2. The van der Waals surface area contributed by atoms with Gasteiger partial charge >= 0.3 is 11.9 Å². The molecule has 0 spiro atoms. The van der Waals surface area contributed by atoms with Crippen molar-refractivity contribution in [2.75, 3.05) is 4.90 Å². The van der Waals surface area contributed by atoms with Crippen LogP contribution in [0.5, 0.6) is 0 Å². The highest BCUT2D eigenvalue weighted by Gasteiger charge is 2.39. The minimum atomic E-state index is -0.818. The molecule has 0 radical (unpaired) electrons. The van der Waals surface area contributed by atoms with Crippen LogP contribution in [0.4, 0.5) is 10.5 Å². The van der Waals surface area contributed by atoms with Crippen molar-refractivity contribution in [1.82, 2.24) is 5.32 Å². The van der Waals surface area contributed by atoms with Crippen LogP contribution in [0.1, 0.15) is 15.9 Å². The van der Waals surface area contributed by atoms with Gasteiger partial charge in [-0.2, -0.15) is 0 Å². The van der Waals surface area contributed by atoms with Gasteiger partial charge in [0.25, 0.3) is 5.78 Å². The predicted octanol–water partition coefficient (Wildman–Crippen LogP) is 2.13. The molecule has 0 unspecified atom stereocenters. The van der Waals surface area contributed by atoms with Crippen LogP contribution in [-0.4, -0.2) is 17.7 Å². The molecule has 1 aliphatic heterocycles. The average Bonchev–Trinajstić information content (AvgIpc) is 2.78. The van der Waals surface area contributed by atoms with Crippen molar-refractivity contribution in [1.29, 1.82) is 0 Å². The molecular weight excluding hydrogens is 268 g/mol. The van der Waals surface area contributed by atoms with E-state index in [0.717, 1.165) is 10.5 Å². The first-order valence-electron chi connectivity index (χ1n) is 6.48. The second-order valence-corrected chi connectivity index (χ2v) is 4.63. The lowest BCUT2D eigenvalue weighted by atomic mass is 10.1. The molecule has 3 amide bonds. The number of benzene rings is 2. The van der Waals surface area contributed by atoms with Crippen molar-refractivity contribution in [3.63, 3.8) is 0 Å². The monoisotopic (exact) mass is 280 g/mol. The van der Waals surface area contributed by atoms with Crippen LogP contribution in [0.2, 0.25) is 0 Å². The van der Waals surface area contributed by atoms with Gasteiger partial charge in [0.1, 0.15) is 0 Å². The maximum Gasteiger partial charge on any atom is 0.329 e. The normalized spacial score (nSPS) is 13.2. The Morgan fingerprint density at radius 1 is 0.952 bits per heavy atom. The molecule has 5 heteroatoms. The first kappa shape index (κ1) is 13.1. The smallest absolute Gasteiger partial charge is 0.329 e. The minimum Gasteiger partial charge on any atom is -0.333 e. The minimum absolute atomic E-state index is 0.261. The van der Waals surface area contributed by atoms with Crippen LogP contribution in [0.15, 0.2) is 54.6 Å². The van der Waals surface area contributed by atoms with Crippen LogP contribution in [0, 0.1) is 0 Å². The van der Waals surface area contributed by atoms with E-state index in [-0.39, 0.29) is 5.56 Å². The van der Waals surface area contributed by atoms with Crippen molar-refractivity contribution in [3.05, 3.63) is 65.7 Å². The molecule has 1 aliphatic rings. The number of rotatable bonds is 2. The quantitative estimate of drug-likeness (QED) is 0.857. The molecule has 1 heterocycles. The average molecular weight is 280 g/mol. The highest BCUT2D eigenvalue weighted by molar-refractivity contribution is 6.56. The molecule has 0 fully saturated rings. The fraction of sp³-hybridized carbons (Fsp3) is 0.0625. The fourth-order valence-corrected chi connectivity index (χ4v) is 2.24. The number of Topliss-reactive ketones (excluding diaryl/α,β-unsaturated/α-hetero) is 1. The van der Waals surface area contributed by atoms with E-state index >= 15 is 0 Å². The lowest BCUT2D eigenvalue weighted by Gasteiger charge is -2.15. The Labute approximate surface area is 121 Å². The number of anilines is 1. The van der Waals surface area contributed by atoms with Crippen molar-refractivity contribution >= 4 is 23.4 Å². The van der Waals surface area contributed by atoms with Gasteiger partial charge in [-0.1, -0.05) is 42.5 Å². The molecular formula is C16H12N2O3. The SMILES string of the molecule is O=C1C(=O)N(C(=O)NCc2ccccc2)c2ccccc21. The zero-order valence-electron chi connectivity index (χ0n) is 11.1. The summed E-state index contributed by atoms with van der Waals surface area (Å²) in [6.45, 7) is 0.291. The molecule has 0 saturated carbocycles. The van der Waals surface area contributed by atoms with E-state index in [4.69, 9.17) is 0 Å². The molecule has 0 atom stereocenters. The second-order valence-electron chi connectivity index (χ2n) is 4.63. The Bertz CT molecular complexity index is 725. The number of fused-ring (bicyclic) bond motifs is 1. The summed E-state index contributed by atoms with van der Waals surface area (Å²) in [6.07, 6.45) is 0. The lowest BCUT2D eigenvalue weighted by molar-refractivity contribution is -0.113. The number of hydrogen-bond donors (Lipinski definition) is 1. The third-order valence-corrected chi connectivity index (χ3v) is 3.28. The number of hydrogen-bond acceptors (Lipinski definition) is 3. The number of amides is 3. The summed E-state index contributed by atoms with van der Waals surface area (Å²) in [7, 11) is 0. The Kier molecular flexibility index (Phi) is 3.23. The molecule has 2 aromatic carbocycles. The number of imide groups is 1. The largest absolute Gasteiger partial charge is 0.333 e. The van der Waals surface area contributed by atoms with Crippen molar-refractivity contribution in [2.45, 2.75) is 6.54 Å². The van der Waals surface area contributed by atoms with Crippen LogP contribution in [0.25, 0.3) is 0 Å². The highest BCUT2D eigenvalue weighted by Crippen LogP contribution is 2.28. The van der Waals surface area contributed by atoms with E-state index in [1.165, 1.54) is 0 Å². The molecule has 0 saturated heterocycles. The third-order valence-electron chi connectivity index (χ3n) is 3.28. The lowest BCUT2D eigenvalue weighted by Crippen LogP contribution is -2.42. The van der Waals surface area contributed by atoms with Gasteiger partial charge in [-0.05, 0) is 17.7 Å². The summed E-state index contributed by atoms with van der Waals surface area (Å²) < 4.78 is 0. The van der Waals surface area contributed by atoms with Gasteiger partial charge in [-0.25, -0.2) is 9.69 Å². The molecule has 0 aromatic heterocycles. The Morgan fingerprint density at radius 3 is 2.38 bits per heavy atom. The molecule has 3 rings (SSSR count). The standard InChI is InChI=1S/C16H12N2O3/c19-14-12-8-4-5-9-13(12)18(15(14)20)16(21)17-10-11-6-2-1-3-7-11/h1-9H,10H2,(H,17,21). The summed E-state index contributed by atoms with van der Waals surface area (Å²) in [5, 5.41) is 2.65. The predicted molar refractivity (Wildman–Crippen MR) is 76.9 cm³/mol. The first-order valence-corrected chi connectivity index (χ1v) is 6.48. The Hall–Kier alpha value is -2.95. The number of carbonyl (C=O) groups excluding carboxylic acids is 3. The van der Waals surface area contributed by atoms with Gasteiger partial charge in [-0.3, -0.25) is 9.59 Å². The van der Waals surface area contributed by atoms with Gasteiger partial charge < -0.3 is 5.32 Å². The van der Waals surface area contributed by atoms with Gasteiger partial charge in [0.05, 0.1) is 11.3 Å². The van der Waals surface area contributed by atoms with E-state index in [2.05, 4.69) is 5.32 Å².